The molecule has 2 aliphatic rings. The maximum Gasteiger partial charge on any atom is 0.119 e. The van der Waals surface area contributed by atoms with Crippen LogP contribution in [0.5, 0.6) is 5.75 Å². The van der Waals surface area contributed by atoms with Crippen LogP contribution in [0.25, 0.3) is 0 Å². The number of methoxy groups -OCH3 is 1. The van der Waals surface area contributed by atoms with E-state index < -0.39 is 0 Å². The predicted octanol–water partition coefficient (Wildman–Crippen LogP) is 5.84. The van der Waals surface area contributed by atoms with Gasteiger partial charge in [0.1, 0.15) is 5.75 Å². The molecule has 5 rings (SSSR count). The molecule has 4 heteroatoms. The van der Waals surface area contributed by atoms with Crippen molar-refractivity contribution in [1.82, 2.24) is 9.80 Å². The molecule has 0 aromatic heterocycles. The second-order valence-electron chi connectivity index (χ2n) is 9.18. The molecule has 0 unspecified atom stereocenters. The molecule has 3 atom stereocenters. The van der Waals surface area contributed by atoms with Gasteiger partial charge in [0.25, 0.3) is 0 Å². The highest BCUT2D eigenvalue weighted by Gasteiger charge is 2.45. The van der Waals surface area contributed by atoms with Crippen molar-refractivity contribution in [2.45, 2.75) is 31.5 Å². The first-order chi connectivity index (χ1) is 15.7. The molecular formula is C28H31ClN2O. The fourth-order valence-corrected chi connectivity index (χ4v) is 5.75. The minimum atomic E-state index is 0.520. The summed E-state index contributed by atoms with van der Waals surface area (Å²) in [6.45, 7) is 5.39. The molecule has 2 saturated heterocycles. The summed E-state index contributed by atoms with van der Waals surface area (Å²) in [6, 6.07) is 28.6. The first kappa shape index (κ1) is 21.5. The molecule has 2 heterocycles. The van der Waals surface area contributed by atoms with Crippen LogP contribution in [0.15, 0.2) is 78.9 Å². The lowest BCUT2D eigenvalue weighted by atomic mass is 9.81. The van der Waals surface area contributed by atoms with Gasteiger partial charge in [0, 0.05) is 43.2 Å². The van der Waals surface area contributed by atoms with Gasteiger partial charge >= 0.3 is 0 Å². The highest BCUT2D eigenvalue weighted by Crippen LogP contribution is 2.43. The molecule has 0 spiro atoms. The van der Waals surface area contributed by atoms with E-state index in [9.17, 15) is 0 Å². The van der Waals surface area contributed by atoms with E-state index in [4.69, 9.17) is 16.3 Å². The Bertz CT molecular complexity index is 1020. The topological polar surface area (TPSA) is 15.7 Å². The summed E-state index contributed by atoms with van der Waals surface area (Å²) in [4.78, 5) is 5.35. The number of fused-ring (bicyclic) bond motifs is 1. The van der Waals surface area contributed by atoms with E-state index in [1.54, 1.807) is 7.11 Å². The Morgan fingerprint density at radius 1 is 0.875 bits per heavy atom. The third-order valence-electron chi connectivity index (χ3n) is 7.19. The Labute approximate surface area is 196 Å². The van der Waals surface area contributed by atoms with Crippen molar-refractivity contribution in [3.8, 4) is 5.75 Å². The Hall–Kier alpha value is -2.33. The highest BCUT2D eigenvalue weighted by atomic mass is 35.5. The van der Waals surface area contributed by atoms with Gasteiger partial charge in [-0.2, -0.15) is 0 Å². The van der Waals surface area contributed by atoms with E-state index >= 15 is 0 Å². The molecule has 0 bridgehead atoms. The second kappa shape index (κ2) is 9.66. The van der Waals surface area contributed by atoms with Crippen LogP contribution in [0, 0.1) is 5.92 Å². The predicted molar refractivity (Wildman–Crippen MR) is 131 cm³/mol. The largest absolute Gasteiger partial charge is 0.497 e. The standard InChI is InChI=1S/C28H31ClN2O/c1-32-25-9-5-8-23(16-25)26-20-31(18-21-6-3-2-4-7-21)28-14-15-30(19-27(26)28)17-22-10-12-24(29)13-11-22/h2-13,16,26-28H,14-15,17-20H2,1H3/t26-,27-,28-/m1/s1. The molecule has 166 valence electrons. The molecule has 0 N–H and O–H groups in total. The SMILES string of the molecule is COc1cccc([C@H]2CN(Cc3ccccc3)[C@@H]3CCN(Cc4ccc(Cl)cc4)C[C@H]23)c1. The number of hydrogen-bond donors (Lipinski definition) is 0. The molecule has 0 saturated carbocycles. The number of likely N-dealkylation sites (tertiary alicyclic amines) is 2. The summed E-state index contributed by atoms with van der Waals surface area (Å²) in [7, 11) is 1.76. The minimum absolute atomic E-state index is 0.520. The lowest BCUT2D eigenvalue weighted by Gasteiger charge is -2.39. The summed E-state index contributed by atoms with van der Waals surface area (Å²) in [5, 5.41) is 0.804. The van der Waals surface area contributed by atoms with Gasteiger partial charge in [-0.1, -0.05) is 66.2 Å². The lowest BCUT2D eigenvalue weighted by molar-refractivity contribution is 0.101. The summed E-state index contributed by atoms with van der Waals surface area (Å²) < 4.78 is 5.55. The average molecular weight is 447 g/mol. The summed E-state index contributed by atoms with van der Waals surface area (Å²) in [5.41, 5.74) is 4.15. The van der Waals surface area contributed by atoms with Gasteiger partial charge in [-0.05, 0) is 59.8 Å². The molecule has 3 aromatic carbocycles. The van der Waals surface area contributed by atoms with Crippen LogP contribution in [0.1, 0.15) is 29.0 Å². The summed E-state index contributed by atoms with van der Waals surface area (Å²) >= 11 is 6.09. The zero-order valence-electron chi connectivity index (χ0n) is 18.7. The van der Waals surface area contributed by atoms with Crippen molar-refractivity contribution in [2.24, 2.45) is 5.92 Å². The van der Waals surface area contributed by atoms with Gasteiger partial charge in [-0.3, -0.25) is 9.80 Å². The van der Waals surface area contributed by atoms with E-state index in [-0.39, 0.29) is 0 Å². The maximum absolute atomic E-state index is 6.09. The molecule has 2 aliphatic heterocycles. The number of nitrogens with zero attached hydrogens (tertiary/aromatic N) is 2. The second-order valence-corrected chi connectivity index (χ2v) is 9.62. The van der Waals surface area contributed by atoms with Crippen LogP contribution in [-0.4, -0.2) is 42.6 Å². The van der Waals surface area contributed by atoms with Crippen molar-refractivity contribution < 1.29 is 4.74 Å². The molecule has 3 nitrogen and oxygen atoms in total. The van der Waals surface area contributed by atoms with Gasteiger partial charge in [-0.25, -0.2) is 0 Å². The number of ether oxygens (including phenoxy) is 1. The molecule has 0 radical (unpaired) electrons. The van der Waals surface area contributed by atoms with Crippen LogP contribution in [0.4, 0.5) is 0 Å². The Morgan fingerprint density at radius 3 is 2.44 bits per heavy atom. The number of rotatable bonds is 6. The van der Waals surface area contributed by atoms with Crippen LogP contribution in [0.3, 0.4) is 0 Å². The number of halogens is 1. The van der Waals surface area contributed by atoms with E-state index in [1.165, 1.54) is 23.1 Å². The molecule has 3 aromatic rings. The van der Waals surface area contributed by atoms with Gasteiger partial charge in [-0.15, -0.1) is 0 Å². The van der Waals surface area contributed by atoms with E-state index in [2.05, 4.69) is 70.5 Å². The fourth-order valence-electron chi connectivity index (χ4n) is 5.63. The Balaban J connectivity index is 1.38. The van der Waals surface area contributed by atoms with Crippen LogP contribution < -0.4 is 4.74 Å². The van der Waals surface area contributed by atoms with Gasteiger partial charge < -0.3 is 4.74 Å². The van der Waals surface area contributed by atoms with Crippen molar-refractivity contribution in [2.75, 3.05) is 26.7 Å². The quantitative estimate of drug-likeness (QED) is 0.473. The number of hydrogen-bond acceptors (Lipinski definition) is 3. The molecule has 32 heavy (non-hydrogen) atoms. The Kier molecular flexibility index (Phi) is 6.49. The third kappa shape index (κ3) is 4.71. The molecule has 0 amide bonds. The van der Waals surface area contributed by atoms with Crippen LogP contribution in [-0.2, 0) is 13.1 Å². The molecule has 0 aliphatic carbocycles. The van der Waals surface area contributed by atoms with Crippen LogP contribution >= 0.6 is 11.6 Å². The van der Waals surface area contributed by atoms with E-state index in [0.29, 0.717) is 17.9 Å². The lowest BCUT2D eigenvalue weighted by Crippen LogP contribution is -2.46. The van der Waals surface area contributed by atoms with Gasteiger partial charge in [0.2, 0.25) is 0 Å². The first-order valence-electron chi connectivity index (χ1n) is 11.6. The summed E-state index contributed by atoms with van der Waals surface area (Å²) in [6.07, 6.45) is 1.21. The van der Waals surface area contributed by atoms with Crippen LogP contribution in [0.2, 0.25) is 5.02 Å². The number of piperidine rings is 1. The minimum Gasteiger partial charge on any atom is -0.497 e. The summed E-state index contributed by atoms with van der Waals surface area (Å²) in [5.74, 6) is 2.09. The van der Waals surface area contributed by atoms with Gasteiger partial charge in [0.15, 0.2) is 0 Å². The third-order valence-corrected chi connectivity index (χ3v) is 7.44. The van der Waals surface area contributed by atoms with Gasteiger partial charge in [0.05, 0.1) is 7.11 Å². The average Bonchev–Trinajstić information content (AvgIpc) is 3.19. The zero-order valence-corrected chi connectivity index (χ0v) is 19.4. The van der Waals surface area contributed by atoms with Crippen molar-refractivity contribution in [1.29, 1.82) is 0 Å². The number of benzene rings is 3. The zero-order chi connectivity index (χ0) is 21.9. The molecular weight excluding hydrogens is 416 g/mol. The monoisotopic (exact) mass is 446 g/mol. The van der Waals surface area contributed by atoms with Crippen molar-refractivity contribution in [3.05, 3.63) is 101 Å². The van der Waals surface area contributed by atoms with Crippen molar-refractivity contribution in [3.63, 3.8) is 0 Å². The van der Waals surface area contributed by atoms with Crippen molar-refractivity contribution >= 4 is 11.6 Å². The van der Waals surface area contributed by atoms with E-state index in [0.717, 1.165) is 43.5 Å². The highest BCUT2D eigenvalue weighted by molar-refractivity contribution is 6.30. The first-order valence-corrected chi connectivity index (χ1v) is 12.0. The molecule has 2 fully saturated rings. The fraction of sp³-hybridized carbons (Fsp3) is 0.357. The normalized spacial score (nSPS) is 23.8. The smallest absolute Gasteiger partial charge is 0.119 e. The maximum atomic E-state index is 6.09. The Morgan fingerprint density at radius 2 is 1.66 bits per heavy atom. The van der Waals surface area contributed by atoms with E-state index in [1.807, 2.05) is 18.2 Å².